The fourth-order valence-corrected chi connectivity index (χ4v) is 1.32. The molecule has 2 N–H and O–H groups in total. The summed E-state index contributed by atoms with van der Waals surface area (Å²) in [7, 11) is 0. The van der Waals surface area contributed by atoms with Crippen LogP contribution in [0.25, 0.3) is 0 Å². The lowest BCUT2D eigenvalue weighted by molar-refractivity contribution is -0.116. The highest BCUT2D eigenvalue weighted by Gasteiger charge is 2.15. The van der Waals surface area contributed by atoms with Crippen LogP contribution in [0.1, 0.15) is 0 Å². The third-order valence-corrected chi connectivity index (χ3v) is 1.96. The van der Waals surface area contributed by atoms with E-state index in [9.17, 15) is 4.79 Å². The molecule has 1 amide bonds. The summed E-state index contributed by atoms with van der Waals surface area (Å²) in [5, 5.41) is 7.31. The number of anilines is 2. The average Bonchev–Trinajstić information content (AvgIpc) is 2.80. The van der Waals surface area contributed by atoms with Crippen LogP contribution in [0.5, 0.6) is 0 Å². The Kier molecular flexibility index (Phi) is 2.81. The molecule has 0 aliphatic rings. The van der Waals surface area contributed by atoms with Crippen LogP contribution in [-0.2, 0) is 4.79 Å². The van der Waals surface area contributed by atoms with Crippen LogP contribution in [0, 0.1) is 0 Å². The lowest BCUT2D eigenvalue weighted by atomic mass is 10.3. The summed E-state index contributed by atoms with van der Waals surface area (Å²) < 4.78 is 5.05. The molecule has 1 aromatic heterocycles. The van der Waals surface area contributed by atoms with Gasteiger partial charge in [0, 0.05) is 5.69 Å². The number of amides is 1. The Morgan fingerprint density at radius 1 is 1.38 bits per heavy atom. The lowest BCUT2D eigenvalue weighted by Crippen LogP contribution is -2.30. The van der Waals surface area contributed by atoms with Crippen LogP contribution in [0.4, 0.5) is 11.7 Å². The number of aromatic nitrogens is 2. The summed E-state index contributed by atoms with van der Waals surface area (Å²) in [5.41, 5.74) is 5.94. The number of rotatable bonds is 4. The zero-order valence-corrected chi connectivity index (χ0v) is 8.41. The van der Waals surface area contributed by atoms with Crippen molar-refractivity contribution in [1.29, 1.82) is 0 Å². The Morgan fingerprint density at radius 2 is 2.12 bits per heavy atom. The average molecular weight is 218 g/mol. The molecular weight excluding hydrogens is 208 g/mol. The molecule has 2 rings (SSSR count). The number of carbonyl (C=O) groups is 1. The summed E-state index contributed by atoms with van der Waals surface area (Å²) in [5.74, 6) is -0.470. The number of primary amides is 1. The van der Waals surface area contributed by atoms with Gasteiger partial charge < -0.3 is 10.2 Å². The number of hydrogen-bond acceptors (Lipinski definition) is 5. The normalized spacial score (nSPS) is 10.0. The fraction of sp³-hybridized carbons (Fsp3) is 0.100. The summed E-state index contributed by atoms with van der Waals surface area (Å²) in [6.07, 6.45) is 1.20. The van der Waals surface area contributed by atoms with Crippen molar-refractivity contribution < 1.29 is 9.21 Å². The van der Waals surface area contributed by atoms with Gasteiger partial charge in [-0.3, -0.25) is 9.69 Å². The van der Waals surface area contributed by atoms with E-state index in [2.05, 4.69) is 10.2 Å². The van der Waals surface area contributed by atoms with Crippen molar-refractivity contribution >= 4 is 17.6 Å². The van der Waals surface area contributed by atoms with Crippen LogP contribution in [0.2, 0.25) is 0 Å². The highest BCUT2D eigenvalue weighted by atomic mass is 16.4. The minimum Gasteiger partial charge on any atom is -0.411 e. The van der Waals surface area contributed by atoms with E-state index in [4.69, 9.17) is 10.2 Å². The van der Waals surface area contributed by atoms with Crippen LogP contribution in [0.15, 0.2) is 41.1 Å². The van der Waals surface area contributed by atoms with E-state index < -0.39 is 5.91 Å². The number of carbonyl (C=O) groups excluding carboxylic acids is 1. The first kappa shape index (κ1) is 10.2. The smallest absolute Gasteiger partial charge is 0.323 e. The summed E-state index contributed by atoms with van der Waals surface area (Å²) in [4.78, 5) is 12.5. The first-order valence-corrected chi connectivity index (χ1v) is 4.64. The van der Waals surface area contributed by atoms with Crippen molar-refractivity contribution in [3.63, 3.8) is 0 Å². The standard InChI is InChI=1S/C10H10N4O2/c11-9(15)6-14(10-13-12-7-16-10)8-4-2-1-3-5-8/h1-5,7H,6H2,(H2,11,15). The zero-order chi connectivity index (χ0) is 11.4. The van der Waals surface area contributed by atoms with Gasteiger partial charge in [0.25, 0.3) is 0 Å². The summed E-state index contributed by atoms with van der Waals surface area (Å²) >= 11 is 0. The Balaban J connectivity index is 2.32. The SMILES string of the molecule is NC(=O)CN(c1ccccc1)c1nnco1. The van der Waals surface area contributed by atoms with Gasteiger partial charge in [0.1, 0.15) is 6.54 Å². The molecule has 0 spiro atoms. The lowest BCUT2D eigenvalue weighted by Gasteiger charge is -2.17. The monoisotopic (exact) mass is 218 g/mol. The molecule has 1 heterocycles. The summed E-state index contributed by atoms with van der Waals surface area (Å²) in [6, 6.07) is 9.46. The minimum atomic E-state index is -0.470. The second-order valence-electron chi connectivity index (χ2n) is 3.11. The first-order valence-electron chi connectivity index (χ1n) is 4.64. The van der Waals surface area contributed by atoms with E-state index in [1.807, 2.05) is 30.3 Å². The van der Waals surface area contributed by atoms with Gasteiger partial charge in [-0.1, -0.05) is 23.3 Å². The van der Waals surface area contributed by atoms with Crippen molar-refractivity contribution in [3.8, 4) is 0 Å². The van der Waals surface area contributed by atoms with Crippen molar-refractivity contribution in [2.24, 2.45) is 5.73 Å². The molecule has 0 unspecified atom stereocenters. The van der Waals surface area contributed by atoms with Crippen molar-refractivity contribution in [2.45, 2.75) is 0 Å². The highest BCUT2D eigenvalue weighted by molar-refractivity contribution is 5.81. The van der Waals surface area contributed by atoms with Crippen molar-refractivity contribution in [3.05, 3.63) is 36.7 Å². The molecule has 1 aromatic carbocycles. The predicted molar refractivity (Wildman–Crippen MR) is 56.9 cm³/mol. The van der Waals surface area contributed by atoms with Crippen LogP contribution in [0.3, 0.4) is 0 Å². The number of hydrogen-bond donors (Lipinski definition) is 1. The first-order chi connectivity index (χ1) is 7.77. The van der Waals surface area contributed by atoms with E-state index in [0.29, 0.717) is 0 Å². The maximum atomic E-state index is 11.0. The fourth-order valence-electron chi connectivity index (χ4n) is 1.32. The van der Waals surface area contributed by atoms with Crippen LogP contribution < -0.4 is 10.6 Å². The van der Waals surface area contributed by atoms with E-state index in [0.717, 1.165) is 5.69 Å². The number of nitrogens with two attached hydrogens (primary N) is 1. The van der Waals surface area contributed by atoms with Crippen LogP contribution in [-0.4, -0.2) is 22.6 Å². The number of benzene rings is 1. The molecule has 0 radical (unpaired) electrons. The topological polar surface area (TPSA) is 85.3 Å². The molecule has 0 saturated heterocycles. The second kappa shape index (κ2) is 4.43. The minimum absolute atomic E-state index is 0.00773. The van der Waals surface area contributed by atoms with Gasteiger partial charge in [-0.05, 0) is 12.1 Å². The molecular formula is C10H10N4O2. The quantitative estimate of drug-likeness (QED) is 0.816. The molecule has 82 valence electrons. The molecule has 0 saturated carbocycles. The molecule has 16 heavy (non-hydrogen) atoms. The van der Waals surface area contributed by atoms with Crippen molar-refractivity contribution in [1.82, 2.24) is 10.2 Å². The molecule has 0 aliphatic heterocycles. The van der Waals surface area contributed by atoms with Gasteiger partial charge in [0.2, 0.25) is 12.3 Å². The zero-order valence-electron chi connectivity index (χ0n) is 8.41. The van der Waals surface area contributed by atoms with E-state index >= 15 is 0 Å². The molecule has 2 aromatic rings. The van der Waals surface area contributed by atoms with E-state index in [-0.39, 0.29) is 12.6 Å². The van der Waals surface area contributed by atoms with Gasteiger partial charge in [0.15, 0.2) is 0 Å². The van der Waals surface area contributed by atoms with E-state index in [1.165, 1.54) is 6.39 Å². The summed E-state index contributed by atoms with van der Waals surface area (Å²) in [6.45, 7) is -0.00773. The maximum Gasteiger partial charge on any atom is 0.323 e. The van der Waals surface area contributed by atoms with Gasteiger partial charge >= 0.3 is 6.01 Å². The van der Waals surface area contributed by atoms with Gasteiger partial charge in [-0.15, -0.1) is 5.10 Å². The molecule has 6 heteroatoms. The Morgan fingerprint density at radius 3 is 2.69 bits per heavy atom. The molecule has 0 aliphatic carbocycles. The Labute approximate surface area is 91.7 Å². The third kappa shape index (κ3) is 2.17. The third-order valence-electron chi connectivity index (χ3n) is 1.96. The molecule has 6 nitrogen and oxygen atoms in total. The maximum absolute atomic E-state index is 11.0. The van der Waals surface area contributed by atoms with Crippen molar-refractivity contribution in [2.75, 3.05) is 11.4 Å². The molecule has 0 bridgehead atoms. The van der Waals surface area contributed by atoms with Gasteiger partial charge in [-0.2, -0.15) is 0 Å². The highest BCUT2D eigenvalue weighted by Crippen LogP contribution is 2.21. The van der Waals surface area contributed by atoms with Gasteiger partial charge in [-0.25, -0.2) is 0 Å². The predicted octanol–water partition coefficient (Wildman–Crippen LogP) is 0.693. The number of para-hydroxylation sites is 1. The van der Waals surface area contributed by atoms with E-state index in [1.54, 1.807) is 4.90 Å². The Hall–Kier alpha value is -2.37. The molecule has 0 fully saturated rings. The second-order valence-corrected chi connectivity index (χ2v) is 3.11. The van der Waals surface area contributed by atoms with Gasteiger partial charge in [0.05, 0.1) is 0 Å². The largest absolute Gasteiger partial charge is 0.411 e. The Bertz CT molecular complexity index is 455. The number of nitrogens with zero attached hydrogens (tertiary/aromatic N) is 3. The molecule has 0 atom stereocenters. The van der Waals surface area contributed by atoms with Crippen LogP contribution >= 0.6 is 0 Å².